The molecule has 5 rings (SSSR count). The van der Waals surface area contributed by atoms with E-state index in [1.807, 2.05) is 11.0 Å². The van der Waals surface area contributed by atoms with E-state index >= 15 is 0 Å². The number of piperidine rings is 1. The smallest absolute Gasteiger partial charge is 0.259 e. The first-order valence-electron chi connectivity index (χ1n) is 10.6. The summed E-state index contributed by atoms with van der Waals surface area (Å²) in [7, 11) is 0. The molecular formula is C23H22N6O4. The van der Waals surface area contributed by atoms with Crippen LogP contribution >= 0.6 is 0 Å². The van der Waals surface area contributed by atoms with Crippen LogP contribution in [0.5, 0.6) is 0 Å². The van der Waals surface area contributed by atoms with Gasteiger partial charge in [-0.05, 0) is 50.1 Å². The molecule has 1 unspecified atom stereocenters. The van der Waals surface area contributed by atoms with Crippen molar-refractivity contribution in [3.63, 3.8) is 0 Å². The lowest BCUT2D eigenvalue weighted by Crippen LogP contribution is -2.41. The van der Waals surface area contributed by atoms with Crippen molar-refractivity contribution >= 4 is 34.4 Å². The van der Waals surface area contributed by atoms with Gasteiger partial charge in [-0.3, -0.25) is 9.59 Å². The van der Waals surface area contributed by atoms with Crippen molar-refractivity contribution in [3.05, 3.63) is 54.0 Å². The summed E-state index contributed by atoms with van der Waals surface area (Å²) in [5.41, 5.74) is 7.67. The lowest BCUT2D eigenvalue weighted by molar-refractivity contribution is -0.122. The highest BCUT2D eigenvalue weighted by Crippen LogP contribution is 2.28. The van der Waals surface area contributed by atoms with Gasteiger partial charge < -0.3 is 24.9 Å². The molecule has 1 fully saturated rings. The van der Waals surface area contributed by atoms with Gasteiger partial charge in [-0.2, -0.15) is 0 Å². The molecule has 10 heteroatoms. The second kappa shape index (κ2) is 8.38. The molecule has 1 saturated heterocycles. The van der Waals surface area contributed by atoms with E-state index in [-0.39, 0.29) is 23.4 Å². The molecule has 0 spiro atoms. The van der Waals surface area contributed by atoms with Gasteiger partial charge in [0, 0.05) is 13.1 Å². The summed E-state index contributed by atoms with van der Waals surface area (Å²) in [4.78, 5) is 35.6. The van der Waals surface area contributed by atoms with Crippen LogP contribution in [0.3, 0.4) is 0 Å². The molecule has 0 aliphatic carbocycles. The van der Waals surface area contributed by atoms with E-state index in [4.69, 9.17) is 14.7 Å². The number of aromatic nitrogens is 3. The van der Waals surface area contributed by atoms with Crippen molar-refractivity contribution in [3.8, 4) is 11.5 Å². The molecule has 1 aliphatic heterocycles. The Balaban J connectivity index is 1.39. The normalized spacial score (nSPS) is 16.2. The summed E-state index contributed by atoms with van der Waals surface area (Å²) < 4.78 is 10.7. The lowest BCUT2D eigenvalue weighted by Gasteiger charge is -2.32. The van der Waals surface area contributed by atoms with Gasteiger partial charge in [0.25, 0.3) is 11.6 Å². The van der Waals surface area contributed by atoms with Gasteiger partial charge >= 0.3 is 0 Å². The zero-order valence-electron chi connectivity index (χ0n) is 17.9. The molecule has 2 amide bonds. The van der Waals surface area contributed by atoms with Crippen LogP contribution < -0.4 is 16.0 Å². The predicted molar refractivity (Wildman–Crippen MR) is 121 cm³/mol. The number of nitrogens with one attached hydrogen (secondary N) is 1. The number of hydrogen-bond donors (Lipinski definition) is 2. The van der Waals surface area contributed by atoms with Crippen LogP contribution in [0.25, 0.3) is 22.6 Å². The van der Waals surface area contributed by atoms with Crippen molar-refractivity contribution < 1.29 is 18.5 Å². The van der Waals surface area contributed by atoms with Crippen LogP contribution in [0.4, 0.5) is 11.5 Å². The Morgan fingerprint density at radius 3 is 2.88 bits per heavy atom. The number of amides is 2. The topological polar surface area (TPSA) is 140 Å². The van der Waals surface area contributed by atoms with E-state index < -0.39 is 0 Å². The molecule has 0 bridgehead atoms. The second-order valence-electron chi connectivity index (χ2n) is 8.03. The fraction of sp³-hybridized carbons (Fsp3) is 0.261. The Morgan fingerprint density at radius 2 is 2.15 bits per heavy atom. The molecule has 5 heterocycles. The van der Waals surface area contributed by atoms with Gasteiger partial charge in [0.2, 0.25) is 5.91 Å². The maximum absolute atomic E-state index is 13.2. The van der Waals surface area contributed by atoms with Gasteiger partial charge in [0.15, 0.2) is 5.76 Å². The highest BCUT2D eigenvalue weighted by Gasteiger charge is 2.25. The molecule has 4 aromatic rings. The van der Waals surface area contributed by atoms with Crippen LogP contribution in [-0.4, -0.2) is 40.0 Å². The van der Waals surface area contributed by atoms with Crippen LogP contribution in [0.2, 0.25) is 0 Å². The van der Waals surface area contributed by atoms with Crippen LogP contribution in [0.15, 0.2) is 51.7 Å². The van der Waals surface area contributed by atoms with E-state index in [0.29, 0.717) is 40.3 Å². The molecule has 168 valence electrons. The number of anilines is 2. The number of fused-ring (bicyclic) bond motifs is 1. The third-order valence-electron chi connectivity index (χ3n) is 5.79. The summed E-state index contributed by atoms with van der Waals surface area (Å²) in [5, 5.41) is 7.37. The Labute approximate surface area is 188 Å². The summed E-state index contributed by atoms with van der Waals surface area (Å²) in [6, 6.07) is 8.75. The Bertz CT molecular complexity index is 1310. The van der Waals surface area contributed by atoms with Crippen molar-refractivity contribution in [2.24, 2.45) is 11.7 Å². The summed E-state index contributed by atoms with van der Waals surface area (Å²) >= 11 is 0. The average Bonchev–Trinajstić information content (AvgIpc) is 3.49. The highest BCUT2D eigenvalue weighted by molar-refractivity contribution is 6.12. The number of aryl methyl sites for hydroxylation is 1. The zero-order valence-corrected chi connectivity index (χ0v) is 17.9. The molecule has 0 aromatic carbocycles. The van der Waals surface area contributed by atoms with Crippen molar-refractivity contribution in [2.45, 2.75) is 19.8 Å². The van der Waals surface area contributed by atoms with Gasteiger partial charge in [-0.15, -0.1) is 0 Å². The number of rotatable bonds is 5. The van der Waals surface area contributed by atoms with Gasteiger partial charge in [0.1, 0.15) is 11.5 Å². The van der Waals surface area contributed by atoms with Crippen molar-refractivity contribution in [2.75, 3.05) is 23.3 Å². The highest BCUT2D eigenvalue weighted by atomic mass is 16.5. The lowest BCUT2D eigenvalue weighted by atomic mass is 9.97. The summed E-state index contributed by atoms with van der Waals surface area (Å²) in [6.45, 7) is 3.11. The van der Waals surface area contributed by atoms with Gasteiger partial charge in [0.05, 0.1) is 40.7 Å². The van der Waals surface area contributed by atoms with Crippen LogP contribution in [0, 0.1) is 12.8 Å². The van der Waals surface area contributed by atoms with E-state index in [1.54, 1.807) is 37.4 Å². The number of furan rings is 1. The fourth-order valence-corrected chi connectivity index (χ4v) is 4.09. The molecule has 3 N–H and O–H groups in total. The first-order chi connectivity index (χ1) is 16.0. The summed E-state index contributed by atoms with van der Waals surface area (Å²) in [5.74, 6) is 0.444. The second-order valence-corrected chi connectivity index (χ2v) is 8.03. The molecule has 0 saturated carbocycles. The summed E-state index contributed by atoms with van der Waals surface area (Å²) in [6.07, 6.45) is 4.80. The number of carbonyl (C=O) groups is 2. The maximum atomic E-state index is 13.2. The number of nitrogens with zero attached hydrogens (tertiary/aromatic N) is 4. The number of primary amides is 1. The maximum Gasteiger partial charge on any atom is 0.259 e. The molecule has 33 heavy (non-hydrogen) atoms. The third-order valence-corrected chi connectivity index (χ3v) is 5.79. The van der Waals surface area contributed by atoms with Crippen molar-refractivity contribution in [1.29, 1.82) is 0 Å². The molecule has 1 aliphatic rings. The average molecular weight is 446 g/mol. The van der Waals surface area contributed by atoms with E-state index in [9.17, 15) is 9.59 Å². The number of hydrogen-bond acceptors (Lipinski definition) is 8. The molecule has 4 aromatic heterocycles. The monoisotopic (exact) mass is 446 g/mol. The Morgan fingerprint density at radius 1 is 1.27 bits per heavy atom. The minimum absolute atomic E-state index is 0.177. The standard InChI is InChI=1S/C23H22N6O4/c1-13-20-16(10-17(18-5-3-9-32-18)27-23(20)33-28-13)22(31)26-15-6-7-19(25-11-15)29-8-2-4-14(12-29)21(24)30/h3,5-7,9-11,14H,2,4,8,12H2,1H3,(H2,24,30)(H,26,31). The first kappa shape index (κ1) is 20.7. The zero-order chi connectivity index (χ0) is 22.9. The number of pyridine rings is 2. The number of carbonyl (C=O) groups excluding carboxylic acids is 2. The van der Waals surface area contributed by atoms with E-state index in [1.165, 1.54) is 6.26 Å². The fourth-order valence-electron chi connectivity index (χ4n) is 4.09. The van der Waals surface area contributed by atoms with E-state index in [0.717, 1.165) is 25.2 Å². The molecular weight excluding hydrogens is 424 g/mol. The SMILES string of the molecule is Cc1noc2nc(-c3ccco3)cc(C(=O)Nc3ccc(N4CCCC(C(N)=O)C4)nc3)c12. The predicted octanol–water partition coefficient (Wildman–Crippen LogP) is 3.14. The largest absolute Gasteiger partial charge is 0.463 e. The Hall–Kier alpha value is -4.21. The van der Waals surface area contributed by atoms with Crippen LogP contribution in [0.1, 0.15) is 28.9 Å². The van der Waals surface area contributed by atoms with E-state index in [2.05, 4.69) is 20.4 Å². The first-order valence-corrected chi connectivity index (χ1v) is 10.6. The third kappa shape index (κ3) is 4.02. The molecule has 10 nitrogen and oxygen atoms in total. The quantitative estimate of drug-likeness (QED) is 0.476. The molecule has 1 atom stereocenters. The van der Waals surface area contributed by atoms with Gasteiger partial charge in [-0.25, -0.2) is 9.97 Å². The minimum Gasteiger partial charge on any atom is -0.463 e. The van der Waals surface area contributed by atoms with Crippen molar-refractivity contribution in [1.82, 2.24) is 15.1 Å². The van der Waals surface area contributed by atoms with Crippen LogP contribution in [-0.2, 0) is 4.79 Å². The molecule has 0 radical (unpaired) electrons. The Kier molecular flexibility index (Phi) is 5.25. The minimum atomic E-state index is -0.345. The number of nitrogens with two attached hydrogens (primary N) is 1. The van der Waals surface area contributed by atoms with Gasteiger partial charge in [-0.1, -0.05) is 5.16 Å².